The number of ether oxygens (including phenoxy) is 1. The van der Waals surface area contributed by atoms with Crippen LogP contribution in [-0.4, -0.2) is 24.7 Å². The number of alkyl halides is 3. The lowest BCUT2D eigenvalue weighted by molar-refractivity contribution is -0.274. The molecule has 0 heterocycles. The Morgan fingerprint density at radius 3 is 2.26 bits per heavy atom. The van der Waals surface area contributed by atoms with Gasteiger partial charge in [-0.15, -0.1) is 13.2 Å². The Morgan fingerprint density at radius 1 is 1.00 bits per heavy atom. The second kappa shape index (κ2) is 8.57. The Morgan fingerprint density at radius 2 is 1.63 bits per heavy atom. The predicted octanol–water partition coefficient (Wildman–Crippen LogP) is 3.25. The molecule has 0 saturated carbocycles. The van der Waals surface area contributed by atoms with Crippen molar-refractivity contribution in [2.45, 2.75) is 26.8 Å². The van der Waals surface area contributed by atoms with Crippen LogP contribution in [0.5, 0.6) is 5.75 Å². The zero-order valence-electron chi connectivity index (χ0n) is 14.8. The van der Waals surface area contributed by atoms with Crippen molar-refractivity contribution in [1.82, 2.24) is 10.6 Å². The molecule has 0 fully saturated rings. The Hall–Kier alpha value is -3.03. The first-order valence-electron chi connectivity index (χ1n) is 8.11. The molecule has 0 saturated heterocycles. The van der Waals surface area contributed by atoms with Gasteiger partial charge in [0.15, 0.2) is 0 Å². The van der Waals surface area contributed by atoms with Crippen LogP contribution in [0.25, 0.3) is 0 Å². The van der Waals surface area contributed by atoms with Crippen molar-refractivity contribution in [1.29, 1.82) is 0 Å². The van der Waals surface area contributed by atoms with Gasteiger partial charge in [0, 0.05) is 17.7 Å². The van der Waals surface area contributed by atoms with Crippen molar-refractivity contribution in [3.05, 3.63) is 64.7 Å². The van der Waals surface area contributed by atoms with E-state index in [2.05, 4.69) is 15.4 Å². The fraction of sp³-hybridized carbons (Fsp3) is 0.263. The third kappa shape index (κ3) is 6.65. The third-order valence-electron chi connectivity index (χ3n) is 3.57. The molecule has 27 heavy (non-hydrogen) atoms. The molecule has 0 aliphatic heterocycles. The molecule has 5 nitrogen and oxygen atoms in total. The van der Waals surface area contributed by atoms with E-state index in [1.165, 1.54) is 18.2 Å². The van der Waals surface area contributed by atoms with E-state index >= 15 is 0 Å². The zero-order chi connectivity index (χ0) is 20.0. The SMILES string of the molecule is Cc1cc(C)cc(C(=O)NCC(=O)NCc2ccccc2OC(F)(F)F)c1. The highest BCUT2D eigenvalue weighted by molar-refractivity contribution is 5.96. The molecule has 0 aromatic heterocycles. The van der Waals surface area contributed by atoms with E-state index in [0.717, 1.165) is 17.2 Å². The number of amides is 2. The summed E-state index contributed by atoms with van der Waals surface area (Å²) in [6.07, 6.45) is -4.82. The van der Waals surface area contributed by atoms with Gasteiger partial charge in [-0.05, 0) is 32.0 Å². The first-order valence-corrected chi connectivity index (χ1v) is 8.11. The van der Waals surface area contributed by atoms with E-state index in [4.69, 9.17) is 0 Å². The molecule has 0 spiro atoms. The average Bonchev–Trinajstić information content (AvgIpc) is 2.56. The minimum Gasteiger partial charge on any atom is -0.405 e. The third-order valence-corrected chi connectivity index (χ3v) is 3.57. The van der Waals surface area contributed by atoms with E-state index < -0.39 is 18.2 Å². The number of nitrogens with one attached hydrogen (secondary N) is 2. The van der Waals surface area contributed by atoms with Gasteiger partial charge in [0.05, 0.1) is 6.54 Å². The van der Waals surface area contributed by atoms with Crippen LogP contribution in [0, 0.1) is 13.8 Å². The van der Waals surface area contributed by atoms with Gasteiger partial charge in [0.2, 0.25) is 5.91 Å². The van der Waals surface area contributed by atoms with Crippen LogP contribution >= 0.6 is 0 Å². The molecule has 2 amide bonds. The Kier molecular flexibility index (Phi) is 6.44. The summed E-state index contributed by atoms with van der Waals surface area (Å²) in [5.74, 6) is -1.32. The highest BCUT2D eigenvalue weighted by Crippen LogP contribution is 2.26. The normalized spacial score (nSPS) is 11.0. The molecule has 2 N–H and O–H groups in total. The van der Waals surface area contributed by atoms with E-state index in [9.17, 15) is 22.8 Å². The molecule has 2 aromatic rings. The summed E-state index contributed by atoms with van der Waals surface area (Å²) in [5, 5.41) is 4.93. The molecule has 2 aromatic carbocycles. The molecule has 0 bridgehead atoms. The summed E-state index contributed by atoms with van der Waals surface area (Å²) in [6, 6.07) is 10.8. The minimum absolute atomic E-state index is 0.162. The largest absolute Gasteiger partial charge is 0.573 e. The van der Waals surface area contributed by atoms with E-state index in [-0.39, 0.29) is 24.4 Å². The molecule has 8 heteroatoms. The second-order valence-electron chi connectivity index (χ2n) is 5.99. The molecular weight excluding hydrogens is 361 g/mol. The van der Waals surface area contributed by atoms with Crippen molar-refractivity contribution < 1.29 is 27.5 Å². The number of aryl methyl sites for hydroxylation is 2. The van der Waals surface area contributed by atoms with Crippen molar-refractivity contribution >= 4 is 11.8 Å². The van der Waals surface area contributed by atoms with E-state index in [1.54, 1.807) is 12.1 Å². The van der Waals surface area contributed by atoms with E-state index in [1.807, 2.05) is 19.9 Å². The van der Waals surface area contributed by atoms with Crippen LogP contribution in [0.3, 0.4) is 0 Å². The topological polar surface area (TPSA) is 67.4 Å². The quantitative estimate of drug-likeness (QED) is 0.809. The number of hydrogen-bond donors (Lipinski definition) is 2. The first kappa shape index (κ1) is 20.3. The highest BCUT2D eigenvalue weighted by Gasteiger charge is 2.31. The Labute approximate surface area is 154 Å². The molecule has 144 valence electrons. The van der Waals surface area contributed by atoms with Gasteiger partial charge in [-0.3, -0.25) is 9.59 Å². The lowest BCUT2D eigenvalue weighted by atomic mass is 10.1. The van der Waals surface area contributed by atoms with Crippen molar-refractivity contribution in [2.24, 2.45) is 0 Å². The molecule has 0 radical (unpaired) electrons. The van der Waals surface area contributed by atoms with Gasteiger partial charge in [-0.1, -0.05) is 35.4 Å². The molecule has 2 rings (SSSR count). The zero-order valence-corrected chi connectivity index (χ0v) is 14.8. The maximum Gasteiger partial charge on any atom is 0.573 e. The van der Waals surface area contributed by atoms with Gasteiger partial charge < -0.3 is 15.4 Å². The fourth-order valence-electron chi connectivity index (χ4n) is 2.50. The van der Waals surface area contributed by atoms with Gasteiger partial charge >= 0.3 is 6.36 Å². The smallest absolute Gasteiger partial charge is 0.405 e. The minimum atomic E-state index is -4.82. The van der Waals surface area contributed by atoms with E-state index in [0.29, 0.717) is 5.56 Å². The molecule has 0 aliphatic carbocycles. The van der Waals surface area contributed by atoms with Crippen LogP contribution in [0.1, 0.15) is 27.0 Å². The average molecular weight is 380 g/mol. The van der Waals surface area contributed by atoms with Gasteiger partial charge in [0.25, 0.3) is 5.91 Å². The van der Waals surface area contributed by atoms with Crippen molar-refractivity contribution in [2.75, 3.05) is 6.54 Å². The molecule has 0 aliphatic rings. The van der Waals surface area contributed by atoms with Crippen LogP contribution in [-0.2, 0) is 11.3 Å². The monoisotopic (exact) mass is 380 g/mol. The number of carbonyl (C=O) groups is 2. The summed E-state index contributed by atoms with van der Waals surface area (Å²) >= 11 is 0. The predicted molar refractivity (Wildman–Crippen MR) is 93.2 cm³/mol. The standard InChI is InChI=1S/C19H19F3N2O3/c1-12-7-13(2)9-15(8-12)18(26)24-11-17(25)23-10-14-5-3-4-6-16(14)27-19(20,21)22/h3-9H,10-11H2,1-2H3,(H,23,25)(H,24,26). The number of halogens is 3. The fourth-order valence-corrected chi connectivity index (χ4v) is 2.50. The van der Waals surface area contributed by atoms with Gasteiger partial charge in [-0.25, -0.2) is 0 Å². The Balaban J connectivity index is 1.89. The summed E-state index contributed by atoms with van der Waals surface area (Å²) < 4.78 is 41.1. The van der Waals surface area contributed by atoms with Gasteiger partial charge in [-0.2, -0.15) is 0 Å². The molecular formula is C19H19F3N2O3. The number of rotatable bonds is 6. The van der Waals surface area contributed by atoms with Crippen molar-refractivity contribution in [3.8, 4) is 5.75 Å². The summed E-state index contributed by atoms with van der Waals surface area (Å²) in [4.78, 5) is 24.0. The summed E-state index contributed by atoms with van der Waals surface area (Å²) in [5.41, 5.74) is 2.45. The molecule has 0 unspecified atom stereocenters. The van der Waals surface area contributed by atoms with Crippen LogP contribution in [0.15, 0.2) is 42.5 Å². The first-order chi connectivity index (χ1) is 12.6. The molecule has 0 atom stereocenters. The number of carbonyl (C=O) groups excluding carboxylic acids is 2. The van der Waals surface area contributed by atoms with Crippen LogP contribution in [0.2, 0.25) is 0 Å². The van der Waals surface area contributed by atoms with Crippen LogP contribution in [0.4, 0.5) is 13.2 Å². The number of para-hydroxylation sites is 1. The van der Waals surface area contributed by atoms with Gasteiger partial charge in [0.1, 0.15) is 5.75 Å². The highest BCUT2D eigenvalue weighted by atomic mass is 19.4. The summed E-state index contributed by atoms with van der Waals surface area (Å²) in [7, 11) is 0. The number of benzene rings is 2. The lowest BCUT2D eigenvalue weighted by Crippen LogP contribution is -2.36. The Bertz CT molecular complexity index is 815. The summed E-state index contributed by atoms with van der Waals surface area (Å²) in [6.45, 7) is 3.26. The maximum atomic E-state index is 12.4. The maximum absolute atomic E-state index is 12.4. The second-order valence-corrected chi connectivity index (χ2v) is 5.99. The lowest BCUT2D eigenvalue weighted by Gasteiger charge is -2.13. The number of hydrogen-bond acceptors (Lipinski definition) is 3. The van der Waals surface area contributed by atoms with Crippen LogP contribution < -0.4 is 15.4 Å². The van der Waals surface area contributed by atoms with Crippen molar-refractivity contribution in [3.63, 3.8) is 0 Å².